The number of aryl methyl sites for hydroxylation is 3. The highest BCUT2D eigenvalue weighted by molar-refractivity contribution is 7.99. The molecule has 0 aliphatic rings. The summed E-state index contributed by atoms with van der Waals surface area (Å²) in [5.41, 5.74) is 3.95. The molecule has 0 N–H and O–H groups in total. The molecule has 0 saturated heterocycles. The number of carbonyl (C=O) groups excluding carboxylic acids is 1. The van der Waals surface area contributed by atoms with Gasteiger partial charge in [0.1, 0.15) is 4.90 Å². The minimum Gasteiger partial charge on any atom is -0.293 e. The van der Waals surface area contributed by atoms with Crippen molar-refractivity contribution in [3.05, 3.63) is 52.7 Å². The minimum absolute atomic E-state index is 0.0392. The second-order valence-electron chi connectivity index (χ2n) is 6.08. The van der Waals surface area contributed by atoms with Gasteiger partial charge in [0.2, 0.25) is 10.0 Å². The second kappa shape index (κ2) is 7.68. The van der Waals surface area contributed by atoms with Gasteiger partial charge in [0.05, 0.1) is 10.8 Å². The molecule has 5 nitrogen and oxygen atoms in total. The number of thioether (sulfide) groups is 1. The van der Waals surface area contributed by atoms with E-state index in [1.165, 1.54) is 43.7 Å². The van der Waals surface area contributed by atoms with Crippen LogP contribution in [0, 0.1) is 20.8 Å². The van der Waals surface area contributed by atoms with E-state index in [-0.39, 0.29) is 16.4 Å². The van der Waals surface area contributed by atoms with Crippen LogP contribution in [0.1, 0.15) is 27.0 Å². The molecule has 25 heavy (non-hydrogen) atoms. The maximum absolute atomic E-state index is 12.5. The summed E-state index contributed by atoms with van der Waals surface area (Å²) in [6.07, 6.45) is 1.32. The van der Waals surface area contributed by atoms with Gasteiger partial charge in [0.15, 0.2) is 5.78 Å². The summed E-state index contributed by atoms with van der Waals surface area (Å²) in [6, 6.07) is 7.08. The van der Waals surface area contributed by atoms with Crippen LogP contribution >= 0.6 is 11.8 Å². The van der Waals surface area contributed by atoms with E-state index in [1.54, 1.807) is 6.07 Å². The Bertz CT molecular complexity index is 889. The van der Waals surface area contributed by atoms with Crippen molar-refractivity contribution >= 4 is 27.6 Å². The zero-order chi connectivity index (χ0) is 18.8. The predicted molar refractivity (Wildman–Crippen MR) is 101 cm³/mol. The van der Waals surface area contributed by atoms with Crippen molar-refractivity contribution in [1.29, 1.82) is 0 Å². The zero-order valence-corrected chi connectivity index (χ0v) is 16.7. The molecule has 1 aromatic heterocycles. The van der Waals surface area contributed by atoms with Crippen molar-refractivity contribution in [3.63, 3.8) is 0 Å². The summed E-state index contributed by atoms with van der Waals surface area (Å²) in [6.45, 7) is 5.95. The van der Waals surface area contributed by atoms with Crippen LogP contribution in [0.2, 0.25) is 0 Å². The molecule has 0 unspecified atom stereocenters. The highest BCUT2D eigenvalue weighted by Crippen LogP contribution is 2.22. The summed E-state index contributed by atoms with van der Waals surface area (Å²) in [4.78, 5) is 16.8. The zero-order valence-electron chi connectivity index (χ0n) is 15.0. The third-order valence-corrected chi connectivity index (χ3v) is 6.72. The van der Waals surface area contributed by atoms with Gasteiger partial charge in [-0.1, -0.05) is 17.8 Å². The number of Topliss-reactive ketones (excluding diaryl/α,β-unsaturated/α-hetero) is 1. The molecule has 1 heterocycles. The van der Waals surface area contributed by atoms with Gasteiger partial charge in [0, 0.05) is 25.9 Å². The lowest BCUT2D eigenvalue weighted by Gasteiger charge is -2.11. The fraction of sp³-hybridized carbons (Fsp3) is 0.333. The van der Waals surface area contributed by atoms with Crippen LogP contribution in [0.5, 0.6) is 0 Å². The molecule has 2 rings (SSSR count). The Hall–Kier alpha value is -1.70. The van der Waals surface area contributed by atoms with Crippen molar-refractivity contribution in [1.82, 2.24) is 9.29 Å². The number of pyridine rings is 1. The molecule has 0 radical (unpaired) electrons. The molecule has 0 aliphatic carbocycles. The van der Waals surface area contributed by atoms with Gasteiger partial charge in [0.25, 0.3) is 0 Å². The normalized spacial score (nSPS) is 11.8. The number of rotatable bonds is 6. The average Bonchev–Trinajstić information content (AvgIpc) is 2.56. The Morgan fingerprint density at radius 1 is 1.08 bits per heavy atom. The number of benzene rings is 1. The third-order valence-electron chi connectivity index (χ3n) is 3.98. The molecular weight excluding hydrogens is 356 g/mol. The van der Waals surface area contributed by atoms with Crippen molar-refractivity contribution in [2.45, 2.75) is 30.7 Å². The van der Waals surface area contributed by atoms with Gasteiger partial charge in [-0.25, -0.2) is 17.7 Å². The third kappa shape index (κ3) is 4.48. The highest BCUT2D eigenvalue weighted by Gasteiger charge is 2.18. The van der Waals surface area contributed by atoms with Gasteiger partial charge in [-0.2, -0.15) is 0 Å². The molecule has 0 atom stereocenters. The van der Waals surface area contributed by atoms with E-state index in [0.717, 1.165) is 21.0 Å². The molecule has 0 bridgehead atoms. The van der Waals surface area contributed by atoms with Gasteiger partial charge in [-0.15, -0.1) is 0 Å². The van der Waals surface area contributed by atoms with Crippen molar-refractivity contribution in [3.8, 4) is 0 Å². The predicted octanol–water partition coefficient (Wildman–Crippen LogP) is 3.23. The number of aromatic nitrogens is 1. The standard InChI is InChI=1S/C18H22N2O3S2/c1-12-8-14(3)16(9-13(12)2)17(21)11-24-18-7-6-15(10-19-18)25(22,23)20(4)5/h6-10H,11H2,1-5H3. The smallest absolute Gasteiger partial charge is 0.244 e. The maximum Gasteiger partial charge on any atom is 0.244 e. The number of sulfonamides is 1. The molecule has 0 aliphatic heterocycles. The molecule has 0 saturated carbocycles. The Morgan fingerprint density at radius 2 is 1.72 bits per heavy atom. The molecule has 7 heteroatoms. The summed E-state index contributed by atoms with van der Waals surface area (Å²) >= 11 is 1.30. The van der Waals surface area contributed by atoms with E-state index in [2.05, 4.69) is 4.98 Å². The number of hydrogen-bond acceptors (Lipinski definition) is 5. The molecule has 2 aromatic rings. The summed E-state index contributed by atoms with van der Waals surface area (Å²) < 4.78 is 25.2. The van der Waals surface area contributed by atoms with Crippen LogP contribution < -0.4 is 0 Å². The minimum atomic E-state index is -3.49. The van der Waals surface area contributed by atoms with Crippen LogP contribution in [0.4, 0.5) is 0 Å². The first-order valence-electron chi connectivity index (χ1n) is 7.75. The summed E-state index contributed by atoms with van der Waals surface area (Å²) in [5, 5.41) is 0.618. The fourth-order valence-corrected chi connectivity index (χ4v) is 3.87. The van der Waals surface area contributed by atoms with Gasteiger partial charge < -0.3 is 0 Å². The fourth-order valence-electron chi connectivity index (χ4n) is 2.29. The summed E-state index contributed by atoms with van der Waals surface area (Å²) in [7, 11) is -0.538. The number of carbonyl (C=O) groups is 1. The molecular formula is C18H22N2O3S2. The Labute approximate surface area is 153 Å². The summed E-state index contributed by atoms with van der Waals surface area (Å²) in [5.74, 6) is 0.299. The van der Waals surface area contributed by atoms with Crippen LogP contribution in [-0.4, -0.2) is 43.3 Å². The van der Waals surface area contributed by atoms with E-state index in [9.17, 15) is 13.2 Å². The Kier molecular flexibility index (Phi) is 6.03. The van der Waals surface area contributed by atoms with Crippen LogP contribution in [0.3, 0.4) is 0 Å². The first-order valence-corrected chi connectivity index (χ1v) is 10.2. The molecule has 0 fully saturated rings. The lowest BCUT2D eigenvalue weighted by molar-refractivity contribution is 0.102. The van der Waals surface area contributed by atoms with Crippen LogP contribution in [-0.2, 0) is 10.0 Å². The highest BCUT2D eigenvalue weighted by atomic mass is 32.2. The first kappa shape index (κ1) is 19.6. The van der Waals surface area contributed by atoms with Gasteiger partial charge in [-0.3, -0.25) is 4.79 Å². The lowest BCUT2D eigenvalue weighted by atomic mass is 9.99. The van der Waals surface area contributed by atoms with Gasteiger partial charge >= 0.3 is 0 Å². The van der Waals surface area contributed by atoms with Crippen molar-refractivity contribution in [2.24, 2.45) is 0 Å². The van der Waals surface area contributed by atoms with E-state index in [4.69, 9.17) is 0 Å². The van der Waals surface area contributed by atoms with E-state index in [0.29, 0.717) is 5.03 Å². The average molecular weight is 379 g/mol. The molecule has 1 aromatic carbocycles. The number of ketones is 1. The molecule has 0 amide bonds. The van der Waals surface area contributed by atoms with E-state index < -0.39 is 10.0 Å². The Morgan fingerprint density at radius 3 is 2.28 bits per heavy atom. The second-order valence-corrected chi connectivity index (χ2v) is 9.23. The largest absolute Gasteiger partial charge is 0.293 e. The maximum atomic E-state index is 12.5. The molecule has 0 spiro atoms. The van der Waals surface area contributed by atoms with Crippen LogP contribution in [0.25, 0.3) is 0 Å². The Balaban J connectivity index is 2.09. The number of nitrogens with zero attached hydrogens (tertiary/aromatic N) is 2. The quantitative estimate of drug-likeness (QED) is 0.570. The van der Waals surface area contributed by atoms with Crippen molar-refractivity contribution in [2.75, 3.05) is 19.8 Å². The lowest BCUT2D eigenvalue weighted by Crippen LogP contribution is -2.22. The monoisotopic (exact) mass is 378 g/mol. The molecule has 134 valence electrons. The van der Waals surface area contributed by atoms with Gasteiger partial charge in [-0.05, 0) is 55.7 Å². The SMILES string of the molecule is Cc1cc(C)c(C(=O)CSc2ccc(S(=O)(=O)N(C)C)cn2)cc1C. The topological polar surface area (TPSA) is 67.3 Å². The van der Waals surface area contributed by atoms with Crippen LogP contribution in [0.15, 0.2) is 40.4 Å². The van der Waals surface area contributed by atoms with Crippen molar-refractivity contribution < 1.29 is 13.2 Å². The first-order chi connectivity index (χ1) is 11.6. The van der Waals surface area contributed by atoms with E-state index >= 15 is 0 Å². The number of hydrogen-bond donors (Lipinski definition) is 0. The van der Waals surface area contributed by atoms with E-state index in [1.807, 2.05) is 32.9 Å².